The molecule has 1 aromatic heterocycles. The maximum atomic E-state index is 11.6. The maximum Gasteiger partial charge on any atom is 0.315 e. The number of aryl methyl sites for hydroxylation is 1. The summed E-state index contributed by atoms with van der Waals surface area (Å²) in [7, 11) is 0. The van der Waals surface area contributed by atoms with Crippen LogP contribution in [-0.2, 0) is 19.5 Å². The van der Waals surface area contributed by atoms with Crippen LogP contribution >= 0.6 is 0 Å². The molecule has 5 nitrogen and oxygen atoms in total. The van der Waals surface area contributed by atoms with E-state index in [0.717, 1.165) is 17.7 Å². The highest BCUT2D eigenvalue weighted by molar-refractivity contribution is 5.73. The molecule has 5 heteroatoms. The van der Waals surface area contributed by atoms with E-state index in [-0.39, 0.29) is 6.03 Å². The van der Waals surface area contributed by atoms with Crippen LogP contribution in [0.1, 0.15) is 24.1 Å². The lowest BCUT2D eigenvalue weighted by Crippen LogP contribution is -2.34. The minimum atomic E-state index is -0.236. The average Bonchev–Trinajstić information content (AvgIpc) is 2.92. The smallest absolute Gasteiger partial charge is 0.315 e. The summed E-state index contributed by atoms with van der Waals surface area (Å²) < 4.78 is 5.39. The van der Waals surface area contributed by atoms with E-state index in [0.29, 0.717) is 19.0 Å². The van der Waals surface area contributed by atoms with Gasteiger partial charge in [0.2, 0.25) is 5.89 Å². The summed E-state index contributed by atoms with van der Waals surface area (Å²) in [6.07, 6.45) is 2.48. The summed E-state index contributed by atoms with van der Waals surface area (Å²) in [6, 6.07) is 9.50. The van der Waals surface area contributed by atoms with Gasteiger partial charge in [-0.3, -0.25) is 0 Å². The number of rotatable bonds is 5. The highest BCUT2D eigenvalue weighted by Crippen LogP contribution is 2.03. The molecule has 19 heavy (non-hydrogen) atoms. The second-order valence-corrected chi connectivity index (χ2v) is 4.10. The van der Waals surface area contributed by atoms with Crippen molar-refractivity contribution >= 4 is 6.03 Å². The van der Waals surface area contributed by atoms with Crippen molar-refractivity contribution in [2.75, 3.05) is 0 Å². The number of hydrogen-bond donors (Lipinski definition) is 2. The Balaban J connectivity index is 1.73. The largest absolute Gasteiger partial charge is 0.444 e. The third-order valence-corrected chi connectivity index (χ3v) is 2.65. The van der Waals surface area contributed by atoms with E-state index in [1.54, 1.807) is 6.20 Å². The molecule has 0 unspecified atom stereocenters. The van der Waals surface area contributed by atoms with Crippen LogP contribution < -0.4 is 10.6 Å². The van der Waals surface area contributed by atoms with Crippen LogP contribution in [0.5, 0.6) is 0 Å². The van der Waals surface area contributed by atoms with Gasteiger partial charge in [-0.15, -0.1) is 0 Å². The number of amides is 2. The van der Waals surface area contributed by atoms with Crippen molar-refractivity contribution in [1.82, 2.24) is 15.6 Å². The van der Waals surface area contributed by atoms with Crippen LogP contribution in [-0.4, -0.2) is 11.0 Å². The third-order valence-electron chi connectivity index (χ3n) is 2.65. The Bertz CT molecular complexity index is 522. The molecule has 2 amide bonds. The van der Waals surface area contributed by atoms with Gasteiger partial charge in [-0.2, -0.15) is 0 Å². The minimum Gasteiger partial charge on any atom is -0.444 e. The number of hydrogen-bond acceptors (Lipinski definition) is 3. The van der Waals surface area contributed by atoms with Crippen LogP contribution in [0.15, 0.2) is 40.9 Å². The van der Waals surface area contributed by atoms with Gasteiger partial charge in [-0.05, 0) is 5.56 Å². The van der Waals surface area contributed by atoms with Crippen molar-refractivity contribution in [2.45, 2.75) is 26.4 Å². The summed E-state index contributed by atoms with van der Waals surface area (Å²) in [5.41, 5.74) is 1.06. The highest BCUT2D eigenvalue weighted by Gasteiger charge is 2.05. The molecule has 0 aliphatic heterocycles. The van der Waals surface area contributed by atoms with Crippen molar-refractivity contribution in [3.63, 3.8) is 0 Å². The van der Waals surface area contributed by atoms with E-state index in [2.05, 4.69) is 15.6 Å². The first-order valence-corrected chi connectivity index (χ1v) is 6.27. The number of aromatic nitrogens is 1. The average molecular weight is 259 g/mol. The summed E-state index contributed by atoms with van der Waals surface area (Å²) in [5, 5.41) is 5.47. The van der Waals surface area contributed by atoms with Crippen molar-refractivity contribution in [3.05, 3.63) is 53.7 Å². The van der Waals surface area contributed by atoms with Gasteiger partial charge in [0.25, 0.3) is 0 Å². The quantitative estimate of drug-likeness (QED) is 0.865. The number of benzene rings is 1. The fraction of sp³-hybridized carbons (Fsp3) is 0.286. The van der Waals surface area contributed by atoms with Crippen LogP contribution in [0, 0.1) is 0 Å². The second kappa shape index (κ2) is 6.58. The number of carbonyl (C=O) groups excluding carboxylic acids is 1. The summed E-state index contributed by atoms with van der Waals surface area (Å²) >= 11 is 0. The molecule has 0 aliphatic rings. The molecule has 0 bridgehead atoms. The molecule has 0 radical (unpaired) electrons. The van der Waals surface area contributed by atoms with Crippen LogP contribution in [0.2, 0.25) is 0 Å². The van der Waals surface area contributed by atoms with Crippen LogP contribution in [0.25, 0.3) is 0 Å². The number of oxazole rings is 1. The summed E-state index contributed by atoms with van der Waals surface area (Å²) in [6.45, 7) is 2.78. The minimum absolute atomic E-state index is 0.236. The van der Waals surface area contributed by atoms with Gasteiger partial charge in [0, 0.05) is 13.0 Å². The Hall–Kier alpha value is -2.30. The predicted octanol–water partition coefficient (Wildman–Crippen LogP) is 2.24. The van der Waals surface area contributed by atoms with Crippen molar-refractivity contribution < 1.29 is 9.21 Å². The Labute approximate surface area is 112 Å². The molecule has 0 spiro atoms. The Morgan fingerprint density at radius 3 is 2.63 bits per heavy atom. The van der Waals surface area contributed by atoms with Crippen LogP contribution in [0.3, 0.4) is 0 Å². The fourth-order valence-corrected chi connectivity index (χ4v) is 1.59. The molecule has 0 aliphatic carbocycles. The first kappa shape index (κ1) is 13.1. The molecular formula is C14H17N3O2. The molecule has 0 fully saturated rings. The standard InChI is InChI=1S/C14H17N3O2/c1-2-12-9-15-13(19-12)10-17-14(18)16-8-11-6-4-3-5-7-11/h3-7,9H,2,8,10H2,1H3,(H2,16,17,18). The number of nitrogens with zero attached hydrogens (tertiary/aromatic N) is 1. The molecular weight excluding hydrogens is 242 g/mol. The number of nitrogens with one attached hydrogen (secondary N) is 2. The maximum absolute atomic E-state index is 11.6. The van der Waals surface area contributed by atoms with Gasteiger partial charge in [0.15, 0.2) is 0 Å². The molecule has 2 N–H and O–H groups in total. The third kappa shape index (κ3) is 4.13. The van der Waals surface area contributed by atoms with Gasteiger partial charge in [0.05, 0.1) is 12.7 Å². The van der Waals surface area contributed by atoms with E-state index in [9.17, 15) is 4.79 Å². The lowest BCUT2D eigenvalue weighted by atomic mass is 10.2. The Kier molecular flexibility index (Phi) is 4.55. The fourth-order valence-electron chi connectivity index (χ4n) is 1.59. The second-order valence-electron chi connectivity index (χ2n) is 4.10. The molecule has 0 atom stereocenters. The van der Waals surface area contributed by atoms with E-state index in [1.807, 2.05) is 37.3 Å². The molecule has 2 aromatic rings. The topological polar surface area (TPSA) is 67.2 Å². The summed E-state index contributed by atoms with van der Waals surface area (Å²) in [4.78, 5) is 15.6. The van der Waals surface area contributed by atoms with Crippen molar-refractivity contribution in [1.29, 1.82) is 0 Å². The normalized spacial score (nSPS) is 10.2. The van der Waals surface area contributed by atoms with Gasteiger partial charge in [0.1, 0.15) is 5.76 Å². The number of carbonyl (C=O) groups is 1. The number of urea groups is 1. The van der Waals surface area contributed by atoms with E-state index < -0.39 is 0 Å². The molecule has 0 saturated heterocycles. The lowest BCUT2D eigenvalue weighted by Gasteiger charge is -2.05. The van der Waals surface area contributed by atoms with Gasteiger partial charge < -0.3 is 15.1 Å². The predicted molar refractivity (Wildman–Crippen MR) is 71.4 cm³/mol. The zero-order chi connectivity index (χ0) is 13.5. The van der Waals surface area contributed by atoms with Gasteiger partial charge in [-0.25, -0.2) is 9.78 Å². The highest BCUT2D eigenvalue weighted by atomic mass is 16.4. The van der Waals surface area contributed by atoms with E-state index in [1.165, 1.54) is 0 Å². The van der Waals surface area contributed by atoms with Crippen LogP contribution in [0.4, 0.5) is 4.79 Å². The molecule has 1 aromatic carbocycles. The zero-order valence-corrected chi connectivity index (χ0v) is 10.8. The molecule has 1 heterocycles. The molecule has 2 rings (SSSR count). The molecule has 0 saturated carbocycles. The van der Waals surface area contributed by atoms with Gasteiger partial charge >= 0.3 is 6.03 Å². The zero-order valence-electron chi connectivity index (χ0n) is 10.8. The lowest BCUT2D eigenvalue weighted by molar-refractivity contribution is 0.238. The first-order chi connectivity index (χ1) is 9.28. The molecule has 100 valence electrons. The van der Waals surface area contributed by atoms with E-state index in [4.69, 9.17) is 4.42 Å². The van der Waals surface area contributed by atoms with E-state index >= 15 is 0 Å². The van der Waals surface area contributed by atoms with Crippen molar-refractivity contribution in [3.8, 4) is 0 Å². The van der Waals surface area contributed by atoms with Crippen molar-refractivity contribution in [2.24, 2.45) is 0 Å². The Morgan fingerprint density at radius 1 is 1.21 bits per heavy atom. The monoisotopic (exact) mass is 259 g/mol. The Morgan fingerprint density at radius 2 is 1.95 bits per heavy atom. The first-order valence-electron chi connectivity index (χ1n) is 6.27. The SMILES string of the molecule is CCc1cnc(CNC(=O)NCc2ccccc2)o1. The van der Waals surface area contributed by atoms with Gasteiger partial charge in [-0.1, -0.05) is 37.3 Å². The summed E-state index contributed by atoms with van der Waals surface area (Å²) in [5.74, 6) is 1.34.